The van der Waals surface area contributed by atoms with Gasteiger partial charge in [0.05, 0.1) is 38.6 Å². The fourth-order valence-corrected chi connectivity index (χ4v) is 10.6. The van der Waals surface area contributed by atoms with Crippen LogP contribution < -0.4 is 5.32 Å². The summed E-state index contributed by atoms with van der Waals surface area (Å²) in [7, 11) is 0. The topological polar surface area (TPSA) is 307 Å². The second kappa shape index (κ2) is 43.8. The molecule has 3 rings (SSSR count). The van der Waals surface area contributed by atoms with E-state index in [9.17, 15) is 61.0 Å². The SMILES string of the molecule is CCCCCC/C=C/CC/C=C/C(O)C(COC1OC(CO)C(OC2OC(CO)C(OC3OC(CO)C(O)C(O)C3O)C(O)C2O)C(O)C1O)NC(=O)CCCCCCCCCCCCCCCCCCCCCCCCCC. The summed E-state index contributed by atoms with van der Waals surface area (Å²) in [5.74, 6) is -0.284. The molecule has 3 aliphatic rings. The van der Waals surface area contributed by atoms with Crippen LogP contribution >= 0.6 is 0 Å². The van der Waals surface area contributed by atoms with Gasteiger partial charge < -0.3 is 89.9 Å². The summed E-state index contributed by atoms with van der Waals surface area (Å²) in [5.41, 5.74) is 0. The molecule has 19 heteroatoms. The van der Waals surface area contributed by atoms with Gasteiger partial charge in [-0.15, -0.1) is 0 Å². The van der Waals surface area contributed by atoms with Crippen molar-refractivity contribution in [1.29, 1.82) is 0 Å². The summed E-state index contributed by atoms with van der Waals surface area (Å²) >= 11 is 0. The maximum absolute atomic E-state index is 13.3. The summed E-state index contributed by atoms with van der Waals surface area (Å²) in [6.07, 6.45) is 19.1. The van der Waals surface area contributed by atoms with Gasteiger partial charge in [0.15, 0.2) is 18.9 Å². The third-order valence-corrected chi connectivity index (χ3v) is 15.8. The highest BCUT2D eigenvalue weighted by molar-refractivity contribution is 5.76. The standard InChI is InChI=1S/C60H111NO18/c1-3-5-7-9-11-13-15-16-17-18-19-20-21-22-23-24-25-26-27-28-30-32-34-36-38-48(66)61-43(44(65)37-35-33-31-29-14-12-10-8-6-4-2)42-74-58-54(72)51(69)56(46(40-63)76-58)79-60-55(73)52(70)57(47(41-64)77-60)78-59-53(71)50(68)49(67)45(39-62)75-59/h14,29,35,37,43-47,49-60,62-65,67-73H,3-13,15-28,30-34,36,38-42H2,1-2H3,(H,61,66)/b29-14+,37-35+. The van der Waals surface area contributed by atoms with Gasteiger partial charge in [0.2, 0.25) is 5.91 Å². The number of nitrogens with one attached hydrogen (secondary N) is 1. The number of rotatable bonds is 46. The first-order valence-electron chi connectivity index (χ1n) is 31.1. The molecular formula is C60H111NO18. The Morgan fingerprint density at radius 3 is 1.27 bits per heavy atom. The highest BCUT2D eigenvalue weighted by Crippen LogP contribution is 2.33. The van der Waals surface area contributed by atoms with Crippen LogP contribution in [-0.2, 0) is 33.2 Å². The number of allylic oxidation sites excluding steroid dienone is 3. The Labute approximate surface area is 473 Å². The van der Waals surface area contributed by atoms with E-state index in [2.05, 4.69) is 31.3 Å². The summed E-state index contributed by atoms with van der Waals surface area (Å²) in [6.45, 7) is 1.67. The lowest BCUT2D eigenvalue weighted by Crippen LogP contribution is -2.66. The quantitative estimate of drug-likeness (QED) is 0.0248. The number of unbranched alkanes of at least 4 members (excludes halogenated alkanes) is 28. The number of hydrogen-bond donors (Lipinski definition) is 12. The molecule has 3 fully saturated rings. The van der Waals surface area contributed by atoms with Gasteiger partial charge >= 0.3 is 0 Å². The maximum atomic E-state index is 13.3. The van der Waals surface area contributed by atoms with Gasteiger partial charge in [-0.2, -0.15) is 0 Å². The van der Waals surface area contributed by atoms with E-state index in [1.54, 1.807) is 6.08 Å². The lowest BCUT2D eigenvalue weighted by molar-refractivity contribution is -0.379. The first kappa shape index (κ1) is 71.5. The molecule has 3 saturated heterocycles. The van der Waals surface area contributed by atoms with E-state index in [4.69, 9.17) is 28.4 Å². The summed E-state index contributed by atoms with van der Waals surface area (Å²) < 4.78 is 34.2. The molecule has 79 heavy (non-hydrogen) atoms. The molecule has 12 N–H and O–H groups in total. The molecule has 3 aliphatic heterocycles. The molecule has 0 aromatic rings. The van der Waals surface area contributed by atoms with Crippen molar-refractivity contribution in [2.75, 3.05) is 26.4 Å². The van der Waals surface area contributed by atoms with Crippen molar-refractivity contribution in [2.45, 2.75) is 324 Å². The summed E-state index contributed by atoms with van der Waals surface area (Å²) in [5, 5.41) is 120. The largest absolute Gasteiger partial charge is 0.394 e. The molecule has 1 amide bonds. The van der Waals surface area contributed by atoms with Crippen molar-refractivity contribution in [3.8, 4) is 0 Å². The van der Waals surface area contributed by atoms with Crippen molar-refractivity contribution >= 4 is 5.91 Å². The van der Waals surface area contributed by atoms with Crippen LogP contribution in [-0.4, -0.2) is 193 Å². The molecule has 0 bridgehead atoms. The van der Waals surface area contributed by atoms with Crippen LogP contribution in [0, 0.1) is 0 Å². The minimum Gasteiger partial charge on any atom is -0.394 e. The predicted octanol–water partition coefficient (Wildman–Crippen LogP) is 5.93. The van der Waals surface area contributed by atoms with Crippen molar-refractivity contribution < 1.29 is 89.4 Å². The molecule has 0 aromatic carbocycles. The van der Waals surface area contributed by atoms with E-state index in [-0.39, 0.29) is 18.9 Å². The van der Waals surface area contributed by atoms with E-state index in [0.717, 1.165) is 38.5 Å². The second-order valence-electron chi connectivity index (χ2n) is 22.5. The monoisotopic (exact) mass is 1130 g/mol. The van der Waals surface area contributed by atoms with Gasteiger partial charge in [0.25, 0.3) is 0 Å². The first-order valence-corrected chi connectivity index (χ1v) is 31.1. The summed E-state index contributed by atoms with van der Waals surface area (Å²) in [4.78, 5) is 13.3. The van der Waals surface area contributed by atoms with Crippen molar-refractivity contribution in [3.05, 3.63) is 24.3 Å². The van der Waals surface area contributed by atoms with E-state index < -0.39 is 124 Å². The Balaban J connectivity index is 1.43. The van der Waals surface area contributed by atoms with Gasteiger partial charge in [-0.1, -0.05) is 205 Å². The zero-order valence-corrected chi connectivity index (χ0v) is 48.4. The lowest BCUT2D eigenvalue weighted by Gasteiger charge is -2.48. The van der Waals surface area contributed by atoms with Gasteiger partial charge in [-0.05, 0) is 32.1 Å². The average Bonchev–Trinajstić information content (AvgIpc) is 3.45. The zero-order valence-electron chi connectivity index (χ0n) is 48.4. The molecule has 17 atom stereocenters. The average molecular weight is 1130 g/mol. The number of aliphatic hydroxyl groups is 11. The Morgan fingerprint density at radius 2 is 0.810 bits per heavy atom. The number of carbonyl (C=O) groups is 1. The van der Waals surface area contributed by atoms with E-state index in [0.29, 0.717) is 12.8 Å². The lowest BCUT2D eigenvalue weighted by atomic mass is 9.96. The normalized spacial score (nSPS) is 30.4. The van der Waals surface area contributed by atoms with E-state index in [1.807, 2.05) is 6.08 Å². The van der Waals surface area contributed by atoms with E-state index >= 15 is 0 Å². The number of amides is 1. The van der Waals surface area contributed by atoms with Crippen LogP contribution in [0.3, 0.4) is 0 Å². The Hall–Kier alpha value is -1.73. The molecular weight excluding hydrogens is 1020 g/mol. The van der Waals surface area contributed by atoms with Gasteiger partial charge in [0.1, 0.15) is 73.2 Å². The highest BCUT2D eigenvalue weighted by Gasteiger charge is 2.53. The van der Waals surface area contributed by atoms with Crippen molar-refractivity contribution in [3.63, 3.8) is 0 Å². The molecule has 17 unspecified atom stereocenters. The molecule has 0 saturated carbocycles. The van der Waals surface area contributed by atoms with Gasteiger partial charge in [0, 0.05) is 6.42 Å². The third-order valence-electron chi connectivity index (χ3n) is 15.8. The fourth-order valence-electron chi connectivity index (χ4n) is 10.6. The molecule has 464 valence electrons. The molecule has 3 heterocycles. The van der Waals surface area contributed by atoms with Crippen LogP contribution in [0.1, 0.15) is 219 Å². The minimum absolute atomic E-state index is 0.240. The third kappa shape index (κ3) is 27.7. The van der Waals surface area contributed by atoms with Gasteiger partial charge in [-0.3, -0.25) is 4.79 Å². The highest BCUT2D eigenvalue weighted by atomic mass is 16.8. The van der Waals surface area contributed by atoms with Gasteiger partial charge in [-0.25, -0.2) is 0 Å². The van der Waals surface area contributed by atoms with Crippen molar-refractivity contribution in [1.82, 2.24) is 5.32 Å². The first-order chi connectivity index (χ1) is 38.3. The number of ether oxygens (including phenoxy) is 6. The number of carbonyl (C=O) groups excluding carboxylic acids is 1. The minimum atomic E-state index is -1.98. The molecule has 0 aromatic heterocycles. The fraction of sp³-hybridized carbons (Fsp3) is 0.917. The molecule has 19 nitrogen and oxygen atoms in total. The Kier molecular flexibility index (Phi) is 39.7. The van der Waals surface area contributed by atoms with Crippen LogP contribution in [0.2, 0.25) is 0 Å². The molecule has 0 aliphatic carbocycles. The molecule has 0 spiro atoms. The smallest absolute Gasteiger partial charge is 0.220 e. The maximum Gasteiger partial charge on any atom is 0.220 e. The van der Waals surface area contributed by atoms with Crippen molar-refractivity contribution in [2.24, 2.45) is 0 Å². The second-order valence-corrected chi connectivity index (χ2v) is 22.5. The van der Waals surface area contributed by atoms with E-state index in [1.165, 1.54) is 148 Å². The van der Waals surface area contributed by atoms with Crippen LogP contribution in [0.4, 0.5) is 0 Å². The van der Waals surface area contributed by atoms with Crippen LogP contribution in [0.25, 0.3) is 0 Å². The predicted molar refractivity (Wildman–Crippen MR) is 300 cm³/mol. The molecule has 0 radical (unpaired) electrons. The summed E-state index contributed by atoms with van der Waals surface area (Å²) in [6, 6.07) is -0.984. The Bertz CT molecular complexity index is 1540. The van der Waals surface area contributed by atoms with Crippen LogP contribution in [0.15, 0.2) is 24.3 Å². The number of hydrogen-bond acceptors (Lipinski definition) is 18. The zero-order chi connectivity index (χ0) is 57.6. The van der Waals surface area contributed by atoms with Crippen LogP contribution in [0.5, 0.6) is 0 Å². The number of aliphatic hydroxyl groups excluding tert-OH is 11. The Morgan fingerprint density at radius 1 is 0.443 bits per heavy atom.